The maximum absolute atomic E-state index is 13.8. The fourth-order valence-corrected chi connectivity index (χ4v) is 19.4. The molecule has 0 amide bonds. The van der Waals surface area contributed by atoms with Crippen molar-refractivity contribution in [2.45, 2.75) is 193 Å². The van der Waals surface area contributed by atoms with Crippen molar-refractivity contribution in [3.63, 3.8) is 0 Å². The molecule has 41 nitrogen and oxygen atoms in total. The third-order valence-electron chi connectivity index (χ3n) is 18.1. The van der Waals surface area contributed by atoms with Gasteiger partial charge in [0, 0.05) is 104 Å². The smallest absolute Gasteiger partial charge is 0.362 e. The number of hydrogen-bond acceptors (Lipinski definition) is 37. The van der Waals surface area contributed by atoms with E-state index < -0.39 is 156 Å². The predicted octanol–water partition coefficient (Wildman–Crippen LogP) is 10.0. The zero-order valence-electron chi connectivity index (χ0n) is 61.4. The van der Waals surface area contributed by atoms with Gasteiger partial charge in [0.05, 0.1) is 47.9 Å². The van der Waals surface area contributed by atoms with Crippen LogP contribution in [0.5, 0.6) is 11.5 Å². The molecule has 0 aliphatic carbocycles. The molecule has 20 atom stereocenters. The number of hydrogen-bond donors (Lipinski definition) is 7. The number of anilines is 2. The number of fused-ring (bicyclic) bond motifs is 2. The van der Waals surface area contributed by atoms with Crippen molar-refractivity contribution in [3.05, 3.63) is 94.1 Å². The molecule has 2 aromatic carbocycles. The first-order valence-electron chi connectivity index (χ1n) is 32.3. The fraction of sp³-hybridized carbons (Fsp3) is 0.633. The Kier molecular flexibility index (Phi) is 33.4. The molecule has 49 heteroatoms. The second-order valence-corrected chi connectivity index (χ2v) is 46.1. The number of aliphatic hydroxyl groups is 4. The maximum atomic E-state index is 13.8. The normalized spacial score (nSPS) is 27.9. The molecule has 4 aliphatic rings. The Hall–Kier alpha value is -4.75. The summed E-state index contributed by atoms with van der Waals surface area (Å²) in [6.07, 6.45) is -11.5. The minimum atomic E-state index is -4.36. The van der Waals surface area contributed by atoms with Gasteiger partial charge in [0.2, 0.25) is 18.9 Å². The number of non-ortho nitro benzene ring substituents is 2. The van der Waals surface area contributed by atoms with Gasteiger partial charge in [-0.05, 0) is 60.5 Å². The quantitative estimate of drug-likeness (QED) is 0.00789. The molecule has 4 saturated heterocycles. The van der Waals surface area contributed by atoms with E-state index in [1.807, 2.05) is 13.8 Å². The van der Waals surface area contributed by atoms with Crippen LogP contribution in [0.3, 0.4) is 0 Å². The standard InChI is InChI=1S/C36H60N6O13P2Si2.C22H28N6O15P2.2CH4.B.H3N.U.H2/c1-22-28(52-58(11,12)35(3,4)5)26(49-33(22)48-25-17-15-24(16-18-25)42(43)44)19-47-56(9,45)55-57(10,46)54-51-34-23(2)29(53-59(13,14)36(6,7)8)32(50-34)41-21-40-27-30(37)38-20-39-31(27)41;1-44(35,37-7-12-14(29)16(31)21(39-12)38-11-5-3-10(4-6-11)28(33)34)43-45(2,36)42-41-22-17(32)15(30)20(40-22)27-9-26-13-18(23)24-8-25-19(13)27;;;;;;/h15-18,20-23,26,28-29,32-34H,19H2,1-14H3,(H2,37,38,39);3-6,8-9,12,14-17,20-22,29-32H,7H2,1-2H3,(H2,23,24,25);2*1H4;;1H3;;1H/t22?,23?,26-,28+,29-,32-,33+,34-,56?,57?;12-,14?,15?,16?,17?,20-,21+,22-,44?,45?;;;;;;/m11....../s1/i;;;;;;;1+1. The molecule has 0 spiro atoms. The summed E-state index contributed by atoms with van der Waals surface area (Å²) in [5.41, 5.74) is 12.8. The Labute approximate surface area is 659 Å². The number of imidazole rings is 2. The number of aromatic nitrogens is 8. The molecule has 3 radical (unpaired) electrons. The van der Waals surface area contributed by atoms with Gasteiger partial charge < -0.3 is 84.4 Å². The van der Waals surface area contributed by atoms with Crippen molar-refractivity contribution in [3.8, 4) is 11.5 Å². The van der Waals surface area contributed by atoms with Gasteiger partial charge in [-0.3, -0.25) is 47.6 Å². The monoisotopic (exact) mass is 1880 g/mol. The number of rotatable bonds is 28. The summed E-state index contributed by atoms with van der Waals surface area (Å²) in [6.45, 7) is 28.1. The average Bonchev–Trinajstić information content (AvgIpc) is 1.64. The van der Waals surface area contributed by atoms with E-state index in [0.717, 1.165) is 26.3 Å². The van der Waals surface area contributed by atoms with Crippen molar-refractivity contribution in [2.75, 3.05) is 51.3 Å². The summed E-state index contributed by atoms with van der Waals surface area (Å²) in [4.78, 5) is 56.2. The van der Waals surface area contributed by atoms with Crippen LogP contribution in [0, 0.1) is 63.2 Å². The van der Waals surface area contributed by atoms with Gasteiger partial charge in [0.15, 0.2) is 58.3 Å². The first kappa shape index (κ1) is 96.6. The molecule has 11 N–H and O–H groups in total. The number of aliphatic hydroxyl groups excluding tert-OH is 4. The Balaban J connectivity index is 0.000000557. The fourth-order valence-electron chi connectivity index (χ4n) is 10.4. The van der Waals surface area contributed by atoms with Crippen molar-refractivity contribution < 1.29 is 155 Å². The number of nitro benzene ring substituents is 2. The van der Waals surface area contributed by atoms with E-state index in [1.165, 1.54) is 78.7 Å². The van der Waals surface area contributed by atoms with Crippen LogP contribution in [0.4, 0.5) is 23.0 Å². The van der Waals surface area contributed by atoms with Crippen LogP contribution < -0.4 is 27.1 Å². The van der Waals surface area contributed by atoms with Crippen molar-refractivity contribution in [1.29, 1.82) is 0 Å². The molecule has 4 aromatic heterocycles. The second kappa shape index (κ2) is 37.7. The third kappa shape index (κ3) is 23.3. The molecule has 4 fully saturated rings. The van der Waals surface area contributed by atoms with Gasteiger partial charge in [-0.25, -0.2) is 38.5 Å². The van der Waals surface area contributed by atoms with Crippen LogP contribution >= 0.6 is 30.4 Å². The summed E-state index contributed by atoms with van der Waals surface area (Å²) in [5.74, 6) is -0.0913. The molecule has 8 heterocycles. The van der Waals surface area contributed by atoms with Crippen LogP contribution in [0.15, 0.2) is 73.8 Å². The number of nitrogens with two attached hydrogens (primary N) is 2. The molecule has 6 aromatic rings. The molecule has 0 bridgehead atoms. The van der Waals surface area contributed by atoms with Crippen LogP contribution in [-0.2, 0) is 82.9 Å². The molecule has 0 saturated carbocycles. The van der Waals surface area contributed by atoms with Crippen molar-refractivity contribution in [2.24, 2.45) is 11.8 Å². The summed E-state index contributed by atoms with van der Waals surface area (Å²) in [6, 6.07) is 10.5. The number of nitro groups is 2. The summed E-state index contributed by atoms with van der Waals surface area (Å²) in [7, 11) is -21.7. The van der Waals surface area contributed by atoms with Gasteiger partial charge in [-0.2, -0.15) is 9.78 Å². The molecule has 609 valence electrons. The maximum Gasteiger partial charge on any atom is 0.362 e. The van der Waals surface area contributed by atoms with E-state index in [0.29, 0.717) is 16.9 Å². The van der Waals surface area contributed by atoms with Gasteiger partial charge in [0.25, 0.3) is 11.4 Å². The van der Waals surface area contributed by atoms with E-state index in [2.05, 4.69) is 97.6 Å². The Morgan fingerprint density at radius 3 is 1.36 bits per heavy atom. The zero-order valence-corrected chi connectivity index (χ0v) is 71.1. The third-order valence-corrected chi connectivity index (χ3v) is 33.8. The largest absolute Gasteiger partial charge is 0.465 e. The Morgan fingerprint density at radius 2 is 0.917 bits per heavy atom. The molecule has 10 unspecified atom stereocenters. The van der Waals surface area contributed by atoms with Gasteiger partial charge in [-0.1, -0.05) is 70.2 Å². The number of nitrogen functional groups attached to an aromatic ring is 2. The van der Waals surface area contributed by atoms with Crippen molar-refractivity contribution in [1.82, 2.24) is 45.2 Å². The number of nitrogens with zero attached hydrogens (tertiary/aromatic N) is 10. The summed E-state index contributed by atoms with van der Waals surface area (Å²) < 4.78 is 137. The summed E-state index contributed by atoms with van der Waals surface area (Å²) >= 11 is 0. The van der Waals surface area contributed by atoms with Gasteiger partial charge >= 0.3 is 30.4 Å². The molecule has 10 rings (SSSR count). The van der Waals surface area contributed by atoms with Crippen LogP contribution in [0.25, 0.3) is 22.3 Å². The van der Waals surface area contributed by atoms with E-state index >= 15 is 0 Å². The van der Waals surface area contributed by atoms with E-state index in [4.69, 9.17) is 85.5 Å². The SMILES string of the molecule is C.C.CC1[C@@H](OOP(C)(=O)OP(C)(=O)OC[C@H]2O[C@H](Oc3ccc([N+](=O)[O-])cc3)C(C)[C@@H]2O[Si](C)(C)C(C)(C)C)O[C@@H](n2cnc3c(N)ncnc32)[C@@H]1O[Si](C)(C)C(C)(C)C.CP(=O)(OC[C@H]1O[C@H](Oc2ccc([N+](=O)[O-])cc2)C(O)C1O)OP(C)(=O)OO[C@H]1O[C@@H](n2cnc3c(N)ncnc32)C(O)C1O.N.[2HH].[B].[U]. The average molecular weight is 1880 g/mol. The Bertz CT molecular complexity index is 4250. The van der Waals surface area contributed by atoms with E-state index in [1.54, 1.807) is 4.57 Å². The molecule has 109 heavy (non-hydrogen) atoms. The zero-order chi connectivity index (χ0) is 76.8. The van der Waals surface area contributed by atoms with Crippen molar-refractivity contribution >= 4 is 101 Å². The van der Waals surface area contributed by atoms with Gasteiger partial charge in [0.1, 0.15) is 71.8 Å². The first-order chi connectivity index (χ1) is 48.2. The van der Waals surface area contributed by atoms with E-state index in [-0.39, 0.29) is 124 Å². The minimum Gasteiger partial charge on any atom is -0.465 e. The predicted molar refractivity (Wildman–Crippen MR) is 397 cm³/mol. The molecule has 4 aliphatic heterocycles. The van der Waals surface area contributed by atoms with E-state index in [9.17, 15) is 58.9 Å². The molecular weight excluding hydrogens is 1780 g/mol. The van der Waals surface area contributed by atoms with Crippen LogP contribution in [0.2, 0.25) is 36.3 Å². The summed E-state index contributed by atoms with van der Waals surface area (Å²) in [5, 5.41) is 63.2. The topological polar surface area (TPSA) is 557 Å². The van der Waals surface area contributed by atoms with Gasteiger partial charge in [-0.15, -0.1) is 9.35 Å². The first-order valence-corrected chi connectivity index (χ1v) is 46.1. The van der Waals surface area contributed by atoms with Crippen LogP contribution in [-0.4, -0.2) is 208 Å². The van der Waals surface area contributed by atoms with Crippen LogP contribution in [0.1, 0.15) is 84.1 Å². The minimum absolute atomic E-state index is 0. The molecular formula is C60H101BN13O28P4Si2U. The Morgan fingerprint density at radius 1 is 0.541 bits per heavy atom. The second-order valence-electron chi connectivity index (χ2n) is 28.3. The number of ether oxygens (including phenoxy) is 6. The number of benzene rings is 2.